The molecule has 1 aromatic heterocycles. The van der Waals surface area contributed by atoms with E-state index in [0.29, 0.717) is 6.04 Å². The highest BCUT2D eigenvalue weighted by Crippen LogP contribution is 2.39. The quantitative estimate of drug-likeness (QED) is 0.864. The SMILES string of the molecule is CCNCc1ccc(Sc2nnnn2C2CC2)c(Br)c1. The van der Waals surface area contributed by atoms with E-state index >= 15 is 0 Å². The minimum absolute atomic E-state index is 0.499. The average molecular weight is 354 g/mol. The number of tetrazole rings is 1. The Bertz CT molecular complexity index is 596. The number of halogens is 1. The molecule has 1 N–H and O–H groups in total. The van der Waals surface area contributed by atoms with Gasteiger partial charge in [0.1, 0.15) is 0 Å². The molecule has 0 spiro atoms. The zero-order valence-corrected chi connectivity index (χ0v) is 13.6. The fourth-order valence-corrected chi connectivity index (χ4v) is 3.42. The first-order chi connectivity index (χ1) is 9.78. The molecule has 20 heavy (non-hydrogen) atoms. The Kier molecular flexibility index (Phi) is 4.38. The highest BCUT2D eigenvalue weighted by molar-refractivity contribution is 9.10. The van der Waals surface area contributed by atoms with Crippen molar-refractivity contribution < 1.29 is 0 Å². The zero-order chi connectivity index (χ0) is 13.9. The lowest BCUT2D eigenvalue weighted by molar-refractivity contribution is 0.565. The number of rotatable bonds is 6. The Hall–Kier alpha value is -0.920. The van der Waals surface area contributed by atoms with Gasteiger partial charge in [0.05, 0.1) is 6.04 Å². The molecule has 0 atom stereocenters. The van der Waals surface area contributed by atoms with Gasteiger partial charge in [-0.3, -0.25) is 0 Å². The molecule has 1 saturated carbocycles. The molecule has 0 aliphatic heterocycles. The summed E-state index contributed by atoms with van der Waals surface area (Å²) in [6.07, 6.45) is 2.36. The van der Waals surface area contributed by atoms with Crippen LogP contribution in [0.5, 0.6) is 0 Å². The summed E-state index contributed by atoms with van der Waals surface area (Å²) in [7, 11) is 0. The third-order valence-electron chi connectivity index (χ3n) is 3.13. The van der Waals surface area contributed by atoms with Crippen LogP contribution in [0.15, 0.2) is 32.7 Å². The van der Waals surface area contributed by atoms with E-state index in [9.17, 15) is 0 Å². The maximum atomic E-state index is 4.12. The second-order valence-corrected chi connectivity index (χ2v) is 6.65. The predicted octanol–water partition coefficient (Wildman–Crippen LogP) is 3.03. The van der Waals surface area contributed by atoms with E-state index < -0.39 is 0 Å². The molecule has 0 amide bonds. The van der Waals surface area contributed by atoms with Gasteiger partial charge >= 0.3 is 0 Å². The summed E-state index contributed by atoms with van der Waals surface area (Å²) in [5.41, 5.74) is 1.27. The fourth-order valence-electron chi connectivity index (χ4n) is 1.91. The van der Waals surface area contributed by atoms with Crippen LogP contribution in [0.1, 0.15) is 31.4 Å². The van der Waals surface area contributed by atoms with Gasteiger partial charge in [0, 0.05) is 15.9 Å². The molecule has 1 aliphatic rings. The molecule has 1 aliphatic carbocycles. The summed E-state index contributed by atoms with van der Waals surface area (Å²) in [6.45, 7) is 3.97. The van der Waals surface area contributed by atoms with Crippen LogP contribution in [-0.4, -0.2) is 26.8 Å². The van der Waals surface area contributed by atoms with Gasteiger partial charge in [0.15, 0.2) is 0 Å². The van der Waals surface area contributed by atoms with Crippen LogP contribution in [0, 0.1) is 0 Å². The topological polar surface area (TPSA) is 55.6 Å². The van der Waals surface area contributed by atoms with Gasteiger partial charge in [-0.1, -0.05) is 13.0 Å². The molecule has 3 rings (SSSR count). The molecule has 1 fully saturated rings. The van der Waals surface area contributed by atoms with Crippen molar-refractivity contribution in [2.45, 2.75) is 42.4 Å². The molecule has 1 aromatic carbocycles. The van der Waals surface area contributed by atoms with Crippen molar-refractivity contribution >= 4 is 27.7 Å². The Morgan fingerprint density at radius 3 is 3.00 bits per heavy atom. The zero-order valence-electron chi connectivity index (χ0n) is 11.2. The highest BCUT2D eigenvalue weighted by Gasteiger charge is 2.28. The molecule has 0 bridgehead atoms. The molecule has 0 saturated heterocycles. The van der Waals surface area contributed by atoms with Crippen molar-refractivity contribution in [1.29, 1.82) is 0 Å². The van der Waals surface area contributed by atoms with Crippen LogP contribution in [0.25, 0.3) is 0 Å². The Morgan fingerprint density at radius 2 is 2.30 bits per heavy atom. The van der Waals surface area contributed by atoms with E-state index in [1.54, 1.807) is 11.8 Å². The van der Waals surface area contributed by atoms with Gasteiger partial charge in [0.25, 0.3) is 0 Å². The lowest BCUT2D eigenvalue weighted by Gasteiger charge is -2.07. The number of hydrogen-bond donors (Lipinski definition) is 1. The minimum atomic E-state index is 0.499. The van der Waals surface area contributed by atoms with Crippen LogP contribution in [0.2, 0.25) is 0 Å². The molecular formula is C13H16BrN5S. The fraction of sp³-hybridized carbons (Fsp3) is 0.462. The summed E-state index contributed by atoms with van der Waals surface area (Å²) in [4.78, 5) is 1.14. The predicted molar refractivity (Wildman–Crippen MR) is 81.7 cm³/mol. The second kappa shape index (κ2) is 6.24. The summed E-state index contributed by atoms with van der Waals surface area (Å²) in [5.74, 6) is 0. The molecule has 2 aromatic rings. The van der Waals surface area contributed by atoms with E-state index in [1.807, 2.05) is 4.68 Å². The van der Waals surface area contributed by atoms with Crippen molar-refractivity contribution in [2.75, 3.05) is 6.54 Å². The smallest absolute Gasteiger partial charge is 0.214 e. The first-order valence-corrected chi connectivity index (χ1v) is 8.33. The van der Waals surface area contributed by atoms with Crippen molar-refractivity contribution in [3.05, 3.63) is 28.2 Å². The van der Waals surface area contributed by atoms with Crippen molar-refractivity contribution in [3.63, 3.8) is 0 Å². The number of nitrogens with zero attached hydrogens (tertiary/aromatic N) is 4. The lowest BCUT2D eigenvalue weighted by Crippen LogP contribution is -2.11. The average Bonchev–Trinajstić information content (AvgIpc) is 3.19. The van der Waals surface area contributed by atoms with Gasteiger partial charge in [-0.2, -0.15) is 0 Å². The maximum Gasteiger partial charge on any atom is 0.214 e. The first-order valence-electron chi connectivity index (χ1n) is 6.72. The number of nitrogens with one attached hydrogen (secondary N) is 1. The number of hydrogen-bond acceptors (Lipinski definition) is 5. The largest absolute Gasteiger partial charge is 0.313 e. The standard InChI is InChI=1S/C13H16BrN5S/c1-2-15-8-9-3-6-12(11(14)7-9)20-13-16-17-18-19(13)10-4-5-10/h3,6-7,10,15H,2,4-5,8H2,1H3. The third kappa shape index (κ3) is 3.21. The van der Waals surface area contributed by atoms with Crippen LogP contribution < -0.4 is 5.32 Å². The van der Waals surface area contributed by atoms with Gasteiger partial charge in [-0.05, 0) is 75.2 Å². The summed E-state index contributed by atoms with van der Waals surface area (Å²) in [5, 5.41) is 16.2. The lowest BCUT2D eigenvalue weighted by atomic mass is 10.2. The highest BCUT2D eigenvalue weighted by atomic mass is 79.9. The van der Waals surface area contributed by atoms with Gasteiger partial charge in [-0.15, -0.1) is 5.10 Å². The molecule has 106 valence electrons. The molecule has 5 nitrogen and oxygen atoms in total. The molecule has 0 radical (unpaired) electrons. The van der Waals surface area contributed by atoms with Gasteiger partial charge in [-0.25, -0.2) is 4.68 Å². The van der Waals surface area contributed by atoms with E-state index in [4.69, 9.17) is 0 Å². The Balaban J connectivity index is 1.75. The molecule has 1 heterocycles. The van der Waals surface area contributed by atoms with E-state index in [2.05, 4.69) is 61.9 Å². The first kappa shape index (κ1) is 14.0. The monoisotopic (exact) mass is 353 g/mol. The maximum absolute atomic E-state index is 4.12. The van der Waals surface area contributed by atoms with Gasteiger partial charge < -0.3 is 5.32 Å². The number of aromatic nitrogens is 4. The van der Waals surface area contributed by atoms with E-state index in [-0.39, 0.29) is 0 Å². The third-order valence-corrected chi connectivity index (χ3v) is 5.08. The Morgan fingerprint density at radius 1 is 1.45 bits per heavy atom. The summed E-state index contributed by atoms with van der Waals surface area (Å²) in [6, 6.07) is 6.91. The van der Waals surface area contributed by atoms with E-state index in [0.717, 1.165) is 27.6 Å². The van der Waals surface area contributed by atoms with E-state index in [1.165, 1.54) is 18.4 Å². The van der Waals surface area contributed by atoms with Crippen LogP contribution in [-0.2, 0) is 6.54 Å². The molecule has 0 unspecified atom stereocenters. The second-order valence-electron chi connectivity index (χ2n) is 4.78. The van der Waals surface area contributed by atoms with Crippen molar-refractivity contribution in [1.82, 2.24) is 25.5 Å². The minimum Gasteiger partial charge on any atom is -0.313 e. The van der Waals surface area contributed by atoms with Crippen LogP contribution in [0.3, 0.4) is 0 Å². The summed E-state index contributed by atoms with van der Waals surface area (Å²) >= 11 is 5.24. The van der Waals surface area contributed by atoms with Crippen LogP contribution >= 0.6 is 27.7 Å². The Labute approximate surface area is 130 Å². The van der Waals surface area contributed by atoms with Gasteiger partial charge in [0.2, 0.25) is 5.16 Å². The van der Waals surface area contributed by atoms with Crippen LogP contribution in [0.4, 0.5) is 0 Å². The molecular weight excluding hydrogens is 338 g/mol. The van der Waals surface area contributed by atoms with Crippen molar-refractivity contribution in [2.24, 2.45) is 0 Å². The van der Waals surface area contributed by atoms with Crippen molar-refractivity contribution in [3.8, 4) is 0 Å². The normalized spacial score (nSPS) is 14.7. The summed E-state index contributed by atoms with van der Waals surface area (Å²) < 4.78 is 3.02. The molecule has 7 heteroatoms. The number of benzene rings is 1.